The Balaban J connectivity index is 2.07. The molecule has 0 heterocycles. The number of benzene rings is 1. The zero-order valence-electron chi connectivity index (χ0n) is 11.9. The molecule has 0 bridgehead atoms. The van der Waals surface area contributed by atoms with Crippen LogP contribution < -0.4 is 0 Å². The van der Waals surface area contributed by atoms with E-state index in [1.165, 1.54) is 6.42 Å². The van der Waals surface area contributed by atoms with Crippen LogP contribution in [0.1, 0.15) is 40.7 Å². The highest BCUT2D eigenvalue weighted by Gasteiger charge is 2.26. The van der Waals surface area contributed by atoms with Gasteiger partial charge in [0.1, 0.15) is 0 Å². The Morgan fingerprint density at radius 2 is 2.11 bits per heavy atom. The molecule has 104 valence electrons. The van der Waals surface area contributed by atoms with E-state index in [1.54, 1.807) is 0 Å². The van der Waals surface area contributed by atoms with E-state index in [-0.39, 0.29) is 12.4 Å². The molecule has 1 aromatic carbocycles. The van der Waals surface area contributed by atoms with Crippen LogP contribution in [0.3, 0.4) is 0 Å². The van der Waals surface area contributed by atoms with Gasteiger partial charge in [-0.05, 0) is 38.3 Å². The van der Waals surface area contributed by atoms with Crippen LogP contribution in [0.4, 0.5) is 0 Å². The minimum atomic E-state index is 0.122. The van der Waals surface area contributed by atoms with E-state index in [4.69, 9.17) is 5.11 Å². The zero-order chi connectivity index (χ0) is 13.8. The maximum absolute atomic E-state index is 12.4. The lowest BCUT2D eigenvalue weighted by Crippen LogP contribution is -2.44. The highest BCUT2D eigenvalue weighted by molar-refractivity contribution is 5.99. The fourth-order valence-electron chi connectivity index (χ4n) is 2.58. The van der Waals surface area contributed by atoms with Gasteiger partial charge in [0.2, 0.25) is 0 Å². The molecule has 0 spiro atoms. The van der Waals surface area contributed by atoms with E-state index in [9.17, 15) is 4.79 Å². The Kier molecular flexibility index (Phi) is 4.72. The van der Waals surface area contributed by atoms with E-state index in [1.807, 2.05) is 32.0 Å². The van der Waals surface area contributed by atoms with Crippen molar-refractivity contribution < 1.29 is 9.90 Å². The SMILES string of the molecule is Cc1ccc(C)c(C(=O)CN(CCO)C2CCC2)c1. The molecule has 1 aliphatic rings. The Morgan fingerprint density at radius 1 is 1.37 bits per heavy atom. The monoisotopic (exact) mass is 261 g/mol. The first-order chi connectivity index (χ1) is 9.11. The van der Waals surface area contributed by atoms with Crippen molar-refractivity contribution in [3.05, 3.63) is 34.9 Å². The predicted octanol–water partition coefficient (Wildman–Crippen LogP) is 2.33. The van der Waals surface area contributed by atoms with Gasteiger partial charge < -0.3 is 5.11 Å². The molecule has 0 radical (unpaired) electrons. The van der Waals surface area contributed by atoms with Crippen LogP contribution in [-0.2, 0) is 0 Å². The molecule has 0 atom stereocenters. The molecular weight excluding hydrogens is 238 g/mol. The van der Waals surface area contributed by atoms with Crippen LogP contribution in [0.15, 0.2) is 18.2 Å². The van der Waals surface area contributed by atoms with Crippen molar-refractivity contribution in [2.24, 2.45) is 0 Å². The summed E-state index contributed by atoms with van der Waals surface area (Å²) >= 11 is 0. The number of aliphatic hydroxyl groups excluding tert-OH is 1. The summed E-state index contributed by atoms with van der Waals surface area (Å²) in [6.45, 7) is 5.13. The highest BCUT2D eigenvalue weighted by Crippen LogP contribution is 2.25. The van der Waals surface area contributed by atoms with Crippen molar-refractivity contribution in [2.45, 2.75) is 39.2 Å². The molecule has 1 saturated carbocycles. The Morgan fingerprint density at radius 3 is 2.68 bits per heavy atom. The molecule has 1 N–H and O–H groups in total. The van der Waals surface area contributed by atoms with E-state index >= 15 is 0 Å². The van der Waals surface area contributed by atoms with Crippen molar-refractivity contribution in [1.82, 2.24) is 4.90 Å². The second kappa shape index (κ2) is 6.31. The fourth-order valence-corrected chi connectivity index (χ4v) is 2.58. The van der Waals surface area contributed by atoms with Crippen LogP contribution in [0.25, 0.3) is 0 Å². The third-order valence-corrected chi connectivity index (χ3v) is 4.02. The second-order valence-electron chi connectivity index (χ2n) is 5.52. The molecule has 2 rings (SSSR count). The number of carbonyl (C=O) groups is 1. The Bertz CT molecular complexity index is 452. The molecule has 0 unspecified atom stereocenters. The first kappa shape index (κ1) is 14.2. The largest absolute Gasteiger partial charge is 0.395 e. The number of ketones is 1. The van der Waals surface area contributed by atoms with Crippen molar-refractivity contribution in [3.63, 3.8) is 0 Å². The van der Waals surface area contributed by atoms with Gasteiger partial charge in [0.05, 0.1) is 13.2 Å². The summed E-state index contributed by atoms with van der Waals surface area (Å²) in [5.74, 6) is 0.168. The van der Waals surface area contributed by atoms with Gasteiger partial charge in [-0.15, -0.1) is 0 Å². The van der Waals surface area contributed by atoms with Gasteiger partial charge in [-0.3, -0.25) is 9.69 Å². The summed E-state index contributed by atoms with van der Waals surface area (Å²) in [6.07, 6.45) is 3.55. The van der Waals surface area contributed by atoms with Crippen LogP contribution in [0.2, 0.25) is 0 Å². The van der Waals surface area contributed by atoms with Gasteiger partial charge >= 0.3 is 0 Å². The zero-order valence-corrected chi connectivity index (χ0v) is 11.9. The molecule has 3 nitrogen and oxygen atoms in total. The van der Waals surface area contributed by atoms with Gasteiger partial charge in [0.25, 0.3) is 0 Å². The van der Waals surface area contributed by atoms with E-state index in [2.05, 4.69) is 4.90 Å². The number of hydrogen-bond acceptors (Lipinski definition) is 3. The average Bonchev–Trinajstić information content (AvgIpc) is 2.30. The third kappa shape index (κ3) is 3.43. The predicted molar refractivity (Wildman–Crippen MR) is 76.5 cm³/mol. The van der Waals surface area contributed by atoms with E-state index in [0.29, 0.717) is 19.1 Å². The van der Waals surface area contributed by atoms with Crippen molar-refractivity contribution in [1.29, 1.82) is 0 Å². The maximum atomic E-state index is 12.4. The van der Waals surface area contributed by atoms with Gasteiger partial charge in [-0.1, -0.05) is 24.1 Å². The van der Waals surface area contributed by atoms with Crippen LogP contribution in [0.5, 0.6) is 0 Å². The maximum Gasteiger partial charge on any atom is 0.177 e. The summed E-state index contributed by atoms with van der Waals surface area (Å²) in [7, 11) is 0. The number of carbonyl (C=O) groups excluding carboxylic acids is 1. The van der Waals surface area contributed by atoms with Crippen molar-refractivity contribution in [3.8, 4) is 0 Å². The lowest BCUT2D eigenvalue weighted by Gasteiger charge is -2.36. The number of nitrogens with zero attached hydrogens (tertiary/aromatic N) is 1. The number of Topliss-reactive ketones (excluding diaryl/α,β-unsaturated/α-hetero) is 1. The molecule has 0 saturated heterocycles. The lowest BCUT2D eigenvalue weighted by molar-refractivity contribution is 0.0747. The van der Waals surface area contributed by atoms with Crippen LogP contribution in [0, 0.1) is 13.8 Å². The Hall–Kier alpha value is -1.19. The molecule has 1 fully saturated rings. The molecule has 1 aliphatic carbocycles. The molecular formula is C16H23NO2. The number of hydrogen-bond donors (Lipinski definition) is 1. The molecule has 0 aliphatic heterocycles. The van der Waals surface area contributed by atoms with Crippen LogP contribution in [-0.4, -0.2) is 41.5 Å². The molecule has 3 heteroatoms. The second-order valence-corrected chi connectivity index (χ2v) is 5.52. The minimum Gasteiger partial charge on any atom is -0.395 e. The first-order valence-corrected chi connectivity index (χ1v) is 7.07. The quantitative estimate of drug-likeness (QED) is 0.799. The van der Waals surface area contributed by atoms with E-state index in [0.717, 1.165) is 29.5 Å². The van der Waals surface area contributed by atoms with Gasteiger partial charge in [0, 0.05) is 18.2 Å². The lowest BCUT2D eigenvalue weighted by atomic mass is 9.91. The first-order valence-electron chi connectivity index (χ1n) is 7.07. The molecule has 0 amide bonds. The van der Waals surface area contributed by atoms with E-state index < -0.39 is 0 Å². The summed E-state index contributed by atoms with van der Waals surface area (Å²) in [4.78, 5) is 14.6. The minimum absolute atomic E-state index is 0.122. The average molecular weight is 261 g/mol. The van der Waals surface area contributed by atoms with Gasteiger partial charge in [-0.25, -0.2) is 0 Å². The number of aliphatic hydroxyl groups is 1. The standard InChI is InChI=1S/C16H23NO2/c1-12-6-7-13(2)15(10-12)16(19)11-17(8-9-18)14-4-3-5-14/h6-7,10,14,18H,3-5,8-9,11H2,1-2H3. The van der Waals surface area contributed by atoms with Gasteiger partial charge in [-0.2, -0.15) is 0 Å². The Labute approximate surface area is 115 Å². The summed E-state index contributed by atoms with van der Waals surface area (Å²) in [5.41, 5.74) is 2.97. The highest BCUT2D eigenvalue weighted by atomic mass is 16.3. The topological polar surface area (TPSA) is 40.5 Å². The third-order valence-electron chi connectivity index (χ3n) is 4.02. The fraction of sp³-hybridized carbons (Fsp3) is 0.562. The summed E-state index contributed by atoms with van der Waals surface area (Å²) in [5, 5.41) is 9.13. The number of aryl methyl sites for hydroxylation is 2. The van der Waals surface area contributed by atoms with Gasteiger partial charge in [0.15, 0.2) is 5.78 Å². The molecule has 19 heavy (non-hydrogen) atoms. The molecule has 1 aromatic rings. The smallest absolute Gasteiger partial charge is 0.177 e. The van der Waals surface area contributed by atoms with Crippen molar-refractivity contribution in [2.75, 3.05) is 19.7 Å². The van der Waals surface area contributed by atoms with Crippen LogP contribution >= 0.6 is 0 Å². The number of rotatable bonds is 6. The molecule has 0 aromatic heterocycles. The van der Waals surface area contributed by atoms with Crippen molar-refractivity contribution >= 4 is 5.78 Å². The normalized spacial score (nSPS) is 15.6. The summed E-state index contributed by atoms with van der Waals surface area (Å²) in [6, 6.07) is 6.49. The summed E-state index contributed by atoms with van der Waals surface area (Å²) < 4.78 is 0.